The molecule has 0 amide bonds. The third-order valence-electron chi connectivity index (χ3n) is 1.64. The average molecular weight is 272 g/mol. The van der Waals surface area contributed by atoms with E-state index in [9.17, 15) is 25.0 Å². The van der Waals surface area contributed by atoms with Crippen LogP contribution in [0.15, 0.2) is 9.26 Å². The first-order valence-electron chi connectivity index (χ1n) is 4.16. The van der Waals surface area contributed by atoms with Crippen molar-refractivity contribution in [2.45, 2.75) is 0 Å². The Hall–Kier alpha value is -3.45. The van der Waals surface area contributed by atoms with E-state index in [0.29, 0.717) is 0 Å². The van der Waals surface area contributed by atoms with Gasteiger partial charge in [0.15, 0.2) is 10.3 Å². The highest BCUT2D eigenvalue weighted by atomic mass is 16.7. The summed E-state index contributed by atoms with van der Waals surface area (Å²) in [5, 5.41) is 32.4. The number of ether oxygens (including phenoxy) is 1. The van der Waals surface area contributed by atoms with Gasteiger partial charge in [0.2, 0.25) is 0 Å². The fourth-order valence-corrected chi connectivity index (χ4v) is 0.920. The maximum atomic E-state index is 11.5. The Labute approximate surface area is 99.7 Å². The van der Waals surface area contributed by atoms with Crippen molar-refractivity contribution >= 4 is 17.6 Å². The molecule has 0 radical (unpaired) electrons. The molecule has 0 atom stereocenters. The number of aromatic nitrogens is 4. The monoisotopic (exact) mass is 272 g/mol. The Morgan fingerprint density at radius 2 is 1.58 bits per heavy atom. The first-order chi connectivity index (χ1) is 9.00. The number of esters is 1. The van der Waals surface area contributed by atoms with Crippen LogP contribution in [-0.2, 0) is 0 Å². The van der Waals surface area contributed by atoms with Crippen molar-refractivity contribution in [2.75, 3.05) is 0 Å². The maximum absolute atomic E-state index is 11.5. The Bertz CT molecular complexity index is 658. The van der Waals surface area contributed by atoms with Crippen molar-refractivity contribution in [3.05, 3.63) is 25.9 Å². The zero-order chi connectivity index (χ0) is 14.0. The molecule has 0 aromatic carbocycles. The molecule has 0 aliphatic rings. The van der Waals surface area contributed by atoms with Gasteiger partial charge >= 0.3 is 23.5 Å². The van der Waals surface area contributed by atoms with Crippen molar-refractivity contribution in [3.8, 4) is 5.88 Å². The molecule has 0 saturated carbocycles. The Balaban J connectivity index is 2.26. The number of hydrogen-bond donors (Lipinski definition) is 0. The Morgan fingerprint density at radius 1 is 1.00 bits per heavy atom. The van der Waals surface area contributed by atoms with Crippen LogP contribution in [0, 0.1) is 20.2 Å². The zero-order valence-corrected chi connectivity index (χ0v) is 8.45. The van der Waals surface area contributed by atoms with E-state index < -0.39 is 39.0 Å². The second kappa shape index (κ2) is 4.43. The van der Waals surface area contributed by atoms with Gasteiger partial charge in [-0.2, -0.15) is 0 Å². The predicted octanol–water partition coefficient (Wildman–Crippen LogP) is -0.512. The minimum Gasteiger partial charge on any atom is -0.392 e. The van der Waals surface area contributed by atoms with Gasteiger partial charge in [-0.25, -0.2) is 4.79 Å². The summed E-state index contributed by atoms with van der Waals surface area (Å²) >= 11 is 0. The molecule has 0 unspecified atom stereocenters. The van der Waals surface area contributed by atoms with Crippen LogP contribution in [0.4, 0.5) is 11.6 Å². The number of nitro groups is 2. The molecule has 0 bridgehead atoms. The van der Waals surface area contributed by atoms with Crippen LogP contribution < -0.4 is 4.74 Å². The molecule has 14 heteroatoms. The fourth-order valence-electron chi connectivity index (χ4n) is 0.920. The van der Waals surface area contributed by atoms with Crippen LogP contribution in [0.2, 0.25) is 0 Å². The van der Waals surface area contributed by atoms with Crippen molar-refractivity contribution in [1.29, 1.82) is 0 Å². The van der Waals surface area contributed by atoms with E-state index in [0.717, 1.165) is 0 Å². The predicted molar refractivity (Wildman–Crippen MR) is 46.9 cm³/mol. The molecular formula is C5N6O8. The summed E-state index contributed by atoms with van der Waals surface area (Å²) in [6.07, 6.45) is 0. The van der Waals surface area contributed by atoms with E-state index in [1.165, 1.54) is 0 Å². The Morgan fingerprint density at radius 3 is 2.21 bits per heavy atom. The highest BCUT2D eigenvalue weighted by Gasteiger charge is 2.34. The summed E-state index contributed by atoms with van der Waals surface area (Å²) in [6, 6.07) is 0. The van der Waals surface area contributed by atoms with Crippen molar-refractivity contribution in [1.82, 2.24) is 20.6 Å². The van der Waals surface area contributed by atoms with Gasteiger partial charge in [-0.1, -0.05) is 0 Å². The molecule has 2 rings (SSSR count). The van der Waals surface area contributed by atoms with Gasteiger partial charge in [0.25, 0.3) is 5.69 Å². The topological polar surface area (TPSA) is 190 Å². The second-order valence-corrected chi connectivity index (χ2v) is 2.73. The molecule has 0 aliphatic carbocycles. The van der Waals surface area contributed by atoms with E-state index in [-0.39, 0.29) is 0 Å². The summed E-state index contributed by atoms with van der Waals surface area (Å²) in [6.45, 7) is 0. The van der Waals surface area contributed by atoms with Crippen LogP contribution in [0.1, 0.15) is 10.5 Å². The SMILES string of the molecule is O=C(Oc1nonc1[N+](=O)[O-])c1nonc1[N+](=O)[O-]. The van der Waals surface area contributed by atoms with Crippen LogP contribution in [0.5, 0.6) is 5.88 Å². The summed E-state index contributed by atoms with van der Waals surface area (Å²) in [5.74, 6) is -4.31. The second-order valence-electron chi connectivity index (χ2n) is 2.73. The molecule has 14 nitrogen and oxygen atoms in total. The molecule has 0 fully saturated rings. The van der Waals surface area contributed by atoms with Crippen LogP contribution >= 0.6 is 0 Å². The fraction of sp³-hybridized carbons (Fsp3) is 0. The van der Waals surface area contributed by atoms with Gasteiger partial charge in [0, 0.05) is 5.16 Å². The van der Waals surface area contributed by atoms with E-state index >= 15 is 0 Å². The van der Waals surface area contributed by atoms with Gasteiger partial charge < -0.3 is 25.0 Å². The van der Waals surface area contributed by atoms with Crippen molar-refractivity contribution in [2.24, 2.45) is 0 Å². The lowest BCUT2D eigenvalue weighted by Gasteiger charge is -1.94. The standard InChI is InChI=1S/C5N6O8/c12-5(1-2(10(13)14)7-18-6-1)17-4-3(11(15)16)8-19-9-4. The molecule has 0 aliphatic heterocycles. The molecule has 2 aromatic heterocycles. The summed E-state index contributed by atoms with van der Waals surface area (Å²) in [5.41, 5.74) is -0.887. The molecule has 98 valence electrons. The van der Waals surface area contributed by atoms with E-state index in [2.05, 4.69) is 34.6 Å². The molecule has 0 saturated heterocycles. The quantitative estimate of drug-likeness (QED) is 0.393. The molecule has 0 N–H and O–H groups in total. The summed E-state index contributed by atoms with van der Waals surface area (Å²) < 4.78 is 12.3. The minimum atomic E-state index is -1.44. The number of carbonyl (C=O) groups is 1. The van der Waals surface area contributed by atoms with E-state index in [1.54, 1.807) is 0 Å². The smallest absolute Gasteiger partial charge is 0.392 e. The number of rotatable bonds is 4. The van der Waals surface area contributed by atoms with E-state index in [4.69, 9.17) is 0 Å². The number of carbonyl (C=O) groups excluding carboxylic acids is 1. The van der Waals surface area contributed by atoms with Crippen LogP contribution in [0.3, 0.4) is 0 Å². The summed E-state index contributed by atoms with van der Waals surface area (Å²) in [7, 11) is 0. The van der Waals surface area contributed by atoms with Gasteiger partial charge in [-0.3, -0.25) is 0 Å². The highest BCUT2D eigenvalue weighted by molar-refractivity contribution is 5.92. The molecule has 2 heterocycles. The van der Waals surface area contributed by atoms with E-state index in [1.807, 2.05) is 0 Å². The van der Waals surface area contributed by atoms with Gasteiger partial charge in [-0.05, 0) is 15.0 Å². The molecular weight excluding hydrogens is 272 g/mol. The number of nitrogens with zero attached hydrogens (tertiary/aromatic N) is 6. The minimum absolute atomic E-state index is 0.882. The largest absolute Gasteiger partial charge is 0.478 e. The lowest BCUT2D eigenvalue weighted by atomic mass is 10.4. The zero-order valence-electron chi connectivity index (χ0n) is 8.45. The van der Waals surface area contributed by atoms with Gasteiger partial charge in [0.1, 0.15) is 0 Å². The highest BCUT2D eigenvalue weighted by Crippen LogP contribution is 2.23. The third-order valence-corrected chi connectivity index (χ3v) is 1.64. The summed E-state index contributed by atoms with van der Waals surface area (Å²) in [4.78, 5) is 30.2. The van der Waals surface area contributed by atoms with Gasteiger partial charge in [-0.15, -0.1) is 9.26 Å². The van der Waals surface area contributed by atoms with Crippen LogP contribution in [-0.4, -0.2) is 36.4 Å². The molecule has 2 aromatic rings. The van der Waals surface area contributed by atoms with Gasteiger partial charge in [0.05, 0.1) is 0 Å². The Kier molecular flexibility index (Phi) is 2.80. The number of hydrogen-bond acceptors (Lipinski definition) is 12. The first-order valence-corrected chi connectivity index (χ1v) is 4.16. The molecule has 19 heavy (non-hydrogen) atoms. The first kappa shape index (κ1) is 12.0. The maximum Gasteiger partial charge on any atom is 0.478 e. The normalized spacial score (nSPS) is 10.1. The third kappa shape index (κ3) is 2.16. The molecule has 0 spiro atoms. The lowest BCUT2D eigenvalue weighted by molar-refractivity contribution is -0.391. The van der Waals surface area contributed by atoms with Crippen molar-refractivity contribution in [3.63, 3.8) is 0 Å². The lowest BCUT2D eigenvalue weighted by Crippen LogP contribution is -2.12. The average Bonchev–Trinajstić information content (AvgIpc) is 2.96. The van der Waals surface area contributed by atoms with Crippen LogP contribution in [0.25, 0.3) is 0 Å². The van der Waals surface area contributed by atoms with Crippen molar-refractivity contribution < 1.29 is 28.6 Å².